The molecule has 2 aliphatic rings. The summed E-state index contributed by atoms with van der Waals surface area (Å²) in [4.78, 5) is 11.5. The first-order valence-electron chi connectivity index (χ1n) is 8.52. The average molecular weight is 288 g/mol. The largest absolute Gasteiger partial charge is 0.354 e. The first-order valence-corrected chi connectivity index (χ1v) is 8.52. The van der Waals surface area contributed by atoms with Gasteiger partial charge >= 0.3 is 0 Å². The van der Waals surface area contributed by atoms with E-state index >= 15 is 0 Å². The molecule has 1 aromatic rings. The molecule has 21 heavy (non-hydrogen) atoms. The molecule has 2 fully saturated rings. The van der Waals surface area contributed by atoms with Crippen molar-refractivity contribution >= 4 is 5.82 Å². The van der Waals surface area contributed by atoms with E-state index in [1.54, 1.807) is 6.33 Å². The van der Waals surface area contributed by atoms with Crippen LogP contribution in [0.5, 0.6) is 0 Å². The third-order valence-corrected chi connectivity index (χ3v) is 4.78. The van der Waals surface area contributed by atoms with Crippen molar-refractivity contribution in [2.24, 2.45) is 5.92 Å². The topological polar surface area (TPSA) is 41.1 Å². The van der Waals surface area contributed by atoms with E-state index in [0.29, 0.717) is 12.0 Å². The molecule has 0 unspecified atom stereocenters. The Morgan fingerprint density at radius 2 is 2.10 bits per heavy atom. The van der Waals surface area contributed by atoms with Crippen LogP contribution in [0.25, 0.3) is 0 Å². The number of hydrogen-bond acceptors (Lipinski definition) is 4. The highest BCUT2D eigenvalue weighted by molar-refractivity contribution is 5.40. The molecule has 1 aliphatic heterocycles. The molecule has 0 radical (unpaired) electrons. The Hall–Kier alpha value is -1.16. The van der Waals surface area contributed by atoms with Crippen LogP contribution < -0.4 is 10.2 Å². The number of rotatable bonds is 4. The fourth-order valence-electron chi connectivity index (χ4n) is 3.74. The molecule has 0 bridgehead atoms. The van der Waals surface area contributed by atoms with Crippen LogP contribution in [-0.2, 0) is 0 Å². The van der Waals surface area contributed by atoms with Gasteiger partial charge < -0.3 is 10.2 Å². The second-order valence-corrected chi connectivity index (χ2v) is 7.01. The first kappa shape index (κ1) is 14.8. The van der Waals surface area contributed by atoms with Gasteiger partial charge in [-0.05, 0) is 25.2 Å². The van der Waals surface area contributed by atoms with Gasteiger partial charge in [0.1, 0.15) is 12.1 Å². The predicted octanol–water partition coefficient (Wildman–Crippen LogP) is 2.96. The van der Waals surface area contributed by atoms with Crippen LogP contribution in [0, 0.1) is 5.92 Å². The van der Waals surface area contributed by atoms with E-state index in [2.05, 4.69) is 40.1 Å². The number of piperazine rings is 1. The molecule has 3 rings (SSSR count). The third-order valence-electron chi connectivity index (χ3n) is 4.78. The number of nitrogens with zero attached hydrogens (tertiary/aromatic N) is 3. The molecule has 4 heteroatoms. The van der Waals surface area contributed by atoms with Crippen LogP contribution in [0.3, 0.4) is 0 Å². The predicted molar refractivity (Wildman–Crippen MR) is 86.7 cm³/mol. The minimum atomic E-state index is 0.587. The lowest BCUT2D eigenvalue weighted by Gasteiger charge is -2.35. The summed E-state index contributed by atoms with van der Waals surface area (Å²) in [5, 5.41) is 3.63. The van der Waals surface area contributed by atoms with Crippen LogP contribution in [0.2, 0.25) is 0 Å². The van der Waals surface area contributed by atoms with E-state index in [1.807, 2.05) is 0 Å². The standard InChI is InChI=1S/C17H28N4/c1-13(2)9-15-11-21(8-7-18-15)17-10-16(19-12-20-17)14-5-3-4-6-14/h10,12-15,18H,3-9,11H2,1-2H3/t15-/m0/s1. The highest BCUT2D eigenvalue weighted by Crippen LogP contribution is 2.33. The minimum absolute atomic E-state index is 0.587. The van der Waals surface area contributed by atoms with Gasteiger partial charge in [-0.3, -0.25) is 0 Å². The Morgan fingerprint density at radius 1 is 1.29 bits per heavy atom. The highest BCUT2D eigenvalue weighted by Gasteiger charge is 2.23. The summed E-state index contributed by atoms with van der Waals surface area (Å²) < 4.78 is 0. The van der Waals surface area contributed by atoms with Crippen LogP contribution in [0.15, 0.2) is 12.4 Å². The SMILES string of the molecule is CC(C)C[C@H]1CN(c2cc(C3CCCC3)ncn2)CCN1. The van der Waals surface area contributed by atoms with Crippen molar-refractivity contribution in [3.8, 4) is 0 Å². The van der Waals surface area contributed by atoms with Crippen LogP contribution in [-0.4, -0.2) is 35.6 Å². The van der Waals surface area contributed by atoms with Crippen molar-refractivity contribution in [3.63, 3.8) is 0 Å². The lowest BCUT2D eigenvalue weighted by atomic mass is 10.0. The number of nitrogens with one attached hydrogen (secondary N) is 1. The quantitative estimate of drug-likeness (QED) is 0.925. The monoisotopic (exact) mass is 288 g/mol. The van der Waals surface area contributed by atoms with Crippen molar-refractivity contribution in [1.82, 2.24) is 15.3 Å². The fourth-order valence-corrected chi connectivity index (χ4v) is 3.74. The van der Waals surface area contributed by atoms with Gasteiger partial charge in [-0.15, -0.1) is 0 Å². The van der Waals surface area contributed by atoms with Crippen molar-refractivity contribution in [2.75, 3.05) is 24.5 Å². The second kappa shape index (κ2) is 6.73. The molecule has 4 nitrogen and oxygen atoms in total. The summed E-state index contributed by atoms with van der Waals surface area (Å²) in [7, 11) is 0. The molecule has 1 aromatic heterocycles. The average Bonchev–Trinajstić information content (AvgIpc) is 3.01. The van der Waals surface area contributed by atoms with Crippen LogP contribution in [0.4, 0.5) is 5.82 Å². The van der Waals surface area contributed by atoms with Crippen molar-refractivity contribution < 1.29 is 0 Å². The van der Waals surface area contributed by atoms with E-state index in [1.165, 1.54) is 37.8 Å². The third kappa shape index (κ3) is 3.73. The van der Waals surface area contributed by atoms with Gasteiger partial charge in [0.25, 0.3) is 0 Å². The maximum Gasteiger partial charge on any atom is 0.132 e. The number of aromatic nitrogens is 2. The molecular weight excluding hydrogens is 260 g/mol. The van der Waals surface area contributed by atoms with E-state index in [4.69, 9.17) is 0 Å². The summed E-state index contributed by atoms with van der Waals surface area (Å²) in [5.41, 5.74) is 1.26. The van der Waals surface area contributed by atoms with Gasteiger partial charge in [-0.25, -0.2) is 9.97 Å². The van der Waals surface area contributed by atoms with E-state index in [0.717, 1.165) is 31.4 Å². The molecule has 1 saturated heterocycles. The zero-order valence-electron chi connectivity index (χ0n) is 13.4. The molecular formula is C17H28N4. The molecule has 116 valence electrons. The van der Waals surface area contributed by atoms with E-state index in [-0.39, 0.29) is 0 Å². The molecule has 1 aliphatic carbocycles. The number of hydrogen-bond donors (Lipinski definition) is 1. The summed E-state index contributed by atoms with van der Waals surface area (Å²) in [6, 6.07) is 2.83. The van der Waals surface area contributed by atoms with Gasteiger partial charge in [-0.1, -0.05) is 26.7 Å². The summed E-state index contributed by atoms with van der Waals surface area (Å²) >= 11 is 0. The smallest absolute Gasteiger partial charge is 0.132 e. The lowest BCUT2D eigenvalue weighted by Crippen LogP contribution is -2.51. The van der Waals surface area contributed by atoms with Crippen LogP contribution in [0.1, 0.15) is 57.6 Å². The van der Waals surface area contributed by atoms with Gasteiger partial charge in [0.2, 0.25) is 0 Å². The highest BCUT2D eigenvalue weighted by atomic mass is 15.2. The molecule has 1 N–H and O–H groups in total. The fraction of sp³-hybridized carbons (Fsp3) is 0.765. The Labute approximate surface area is 128 Å². The first-order chi connectivity index (χ1) is 10.2. The summed E-state index contributed by atoms with van der Waals surface area (Å²) in [5.74, 6) is 2.53. The van der Waals surface area contributed by atoms with Crippen molar-refractivity contribution in [1.29, 1.82) is 0 Å². The zero-order valence-corrected chi connectivity index (χ0v) is 13.4. The Morgan fingerprint density at radius 3 is 2.86 bits per heavy atom. The normalized spacial score (nSPS) is 24.0. The Bertz CT molecular complexity index is 454. The van der Waals surface area contributed by atoms with Gasteiger partial charge in [-0.2, -0.15) is 0 Å². The van der Waals surface area contributed by atoms with Gasteiger partial charge in [0.05, 0.1) is 0 Å². The Balaban J connectivity index is 1.69. The molecule has 0 spiro atoms. The molecule has 0 amide bonds. The maximum absolute atomic E-state index is 4.54. The Kier molecular flexibility index (Phi) is 4.73. The van der Waals surface area contributed by atoms with Gasteiger partial charge in [0.15, 0.2) is 0 Å². The van der Waals surface area contributed by atoms with Crippen LogP contribution >= 0.6 is 0 Å². The molecule has 1 saturated carbocycles. The van der Waals surface area contributed by atoms with Crippen molar-refractivity contribution in [3.05, 3.63) is 18.1 Å². The van der Waals surface area contributed by atoms with Crippen molar-refractivity contribution in [2.45, 2.75) is 57.9 Å². The summed E-state index contributed by atoms with van der Waals surface area (Å²) in [6.45, 7) is 7.77. The number of anilines is 1. The second-order valence-electron chi connectivity index (χ2n) is 7.01. The molecule has 1 atom stereocenters. The minimum Gasteiger partial charge on any atom is -0.354 e. The lowest BCUT2D eigenvalue weighted by molar-refractivity contribution is 0.387. The maximum atomic E-state index is 4.54. The van der Waals surface area contributed by atoms with E-state index in [9.17, 15) is 0 Å². The molecule has 0 aromatic carbocycles. The summed E-state index contributed by atoms with van der Waals surface area (Å²) in [6.07, 6.45) is 8.31. The van der Waals surface area contributed by atoms with Gasteiger partial charge in [0, 0.05) is 43.4 Å². The van der Waals surface area contributed by atoms with E-state index < -0.39 is 0 Å². The molecule has 2 heterocycles. The zero-order chi connectivity index (χ0) is 14.7.